The second-order valence-electron chi connectivity index (χ2n) is 4.67. The quantitative estimate of drug-likeness (QED) is 0.290. The molecule has 0 aliphatic rings. The largest absolute Gasteiger partial charge is 0.421 e. The van der Waals surface area contributed by atoms with Gasteiger partial charge in [-0.1, -0.05) is 33.6 Å². The van der Waals surface area contributed by atoms with E-state index in [2.05, 4.69) is 31.9 Å². The zero-order valence-corrected chi connectivity index (χ0v) is 15.1. The average molecular weight is 441 g/mol. The maximum Gasteiger partial charge on any atom is 0.343 e. The Kier molecular flexibility index (Phi) is 5.68. The number of ether oxygens (including phenoxy) is 1. The van der Waals surface area contributed by atoms with Gasteiger partial charge in [0.05, 0.1) is 15.0 Å². The third-order valence-corrected chi connectivity index (χ3v) is 3.91. The molecule has 0 fully saturated rings. The summed E-state index contributed by atoms with van der Waals surface area (Å²) in [5.41, 5.74) is 1.75. The molecule has 0 aromatic heterocycles. The van der Waals surface area contributed by atoms with Crippen LogP contribution in [0.3, 0.4) is 0 Å². The van der Waals surface area contributed by atoms with Crippen LogP contribution in [0.15, 0.2) is 51.5 Å². The maximum absolute atomic E-state index is 12.3. The minimum atomic E-state index is -0.582. The molecular weight excluding hydrogens is 430 g/mol. The summed E-state index contributed by atoms with van der Waals surface area (Å²) in [7, 11) is 0. The number of carbonyl (C=O) groups is 1. The predicted octanol–water partition coefficient (Wildman–Crippen LogP) is 4.99. The number of aryl methyl sites for hydroxylation is 1. The van der Waals surface area contributed by atoms with Crippen molar-refractivity contribution in [1.29, 1.82) is 0 Å². The Morgan fingerprint density at radius 2 is 2.00 bits per heavy atom. The summed E-state index contributed by atoms with van der Waals surface area (Å²) in [5.74, 6) is -0.315. The second-order valence-corrected chi connectivity index (χ2v) is 6.44. The van der Waals surface area contributed by atoms with E-state index in [1.807, 2.05) is 13.0 Å². The molecule has 0 saturated heterocycles. The predicted molar refractivity (Wildman–Crippen MR) is 94.0 cm³/mol. The Bertz CT molecular complexity index is 803. The van der Waals surface area contributed by atoms with Crippen LogP contribution in [0.1, 0.15) is 21.5 Å². The number of rotatable bonds is 4. The summed E-state index contributed by atoms with van der Waals surface area (Å²) in [4.78, 5) is 22.2. The fraction of sp³-hybridized carbons (Fsp3) is 0.0625. The lowest BCUT2D eigenvalue weighted by atomic mass is 10.1. The Morgan fingerprint density at radius 1 is 1.26 bits per heavy atom. The van der Waals surface area contributed by atoms with Gasteiger partial charge < -0.3 is 4.74 Å². The van der Waals surface area contributed by atoms with Crippen LogP contribution in [0.2, 0.25) is 0 Å². The van der Waals surface area contributed by atoms with E-state index in [0.717, 1.165) is 11.8 Å². The van der Waals surface area contributed by atoms with Gasteiger partial charge in [-0.3, -0.25) is 10.1 Å². The molecule has 0 spiro atoms. The molecule has 0 heterocycles. The number of hydrogen-bond donors (Lipinski definition) is 0. The van der Waals surface area contributed by atoms with Crippen molar-refractivity contribution < 1.29 is 14.5 Å². The van der Waals surface area contributed by atoms with Crippen molar-refractivity contribution in [2.75, 3.05) is 0 Å². The van der Waals surface area contributed by atoms with E-state index in [4.69, 9.17) is 4.74 Å². The van der Waals surface area contributed by atoms with Gasteiger partial charge in [0.15, 0.2) is 5.75 Å². The van der Waals surface area contributed by atoms with Crippen molar-refractivity contribution >= 4 is 43.9 Å². The van der Waals surface area contributed by atoms with Gasteiger partial charge in [0, 0.05) is 16.1 Å². The summed E-state index contributed by atoms with van der Waals surface area (Å²) in [6.45, 7) is 1.87. The molecule has 0 atom stereocenters. The van der Waals surface area contributed by atoms with Crippen molar-refractivity contribution in [3.05, 3.63) is 78.3 Å². The van der Waals surface area contributed by atoms with Crippen LogP contribution in [-0.4, -0.2) is 10.9 Å². The van der Waals surface area contributed by atoms with Gasteiger partial charge >= 0.3 is 5.97 Å². The smallest absolute Gasteiger partial charge is 0.343 e. The zero-order valence-electron chi connectivity index (χ0n) is 12.0. The van der Waals surface area contributed by atoms with Gasteiger partial charge in [-0.15, -0.1) is 0 Å². The first-order valence-corrected chi connectivity index (χ1v) is 8.05. The maximum atomic E-state index is 12.3. The van der Waals surface area contributed by atoms with Gasteiger partial charge in [-0.2, -0.15) is 0 Å². The number of halogens is 2. The van der Waals surface area contributed by atoms with Crippen LogP contribution < -0.4 is 4.74 Å². The number of carbonyl (C=O) groups excluding carboxylic acids is 1. The highest BCUT2D eigenvalue weighted by Gasteiger charge is 2.15. The third-order valence-electron chi connectivity index (χ3n) is 2.86. The Balaban J connectivity index is 2.38. The molecule has 2 aromatic rings. The highest BCUT2D eigenvalue weighted by atomic mass is 79.9. The standard InChI is InChI=1S/C16H11Br2NO4/c1-10-3-2-4-12(7-10)16(20)23-15-11(5-6-19(21)22)8-13(17)9-14(15)18/h2-9H,1H3/b6-5+. The third kappa shape index (κ3) is 4.74. The lowest BCUT2D eigenvalue weighted by molar-refractivity contribution is -0.400. The molecule has 0 unspecified atom stereocenters. The van der Waals surface area contributed by atoms with Gasteiger partial charge in [0.25, 0.3) is 0 Å². The zero-order chi connectivity index (χ0) is 17.0. The van der Waals surface area contributed by atoms with Gasteiger partial charge in [0.1, 0.15) is 0 Å². The first-order valence-electron chi connectivity index (χ1n) is 6.46. The van der Waals surface area contributed by atoms with Crippen molar-refractivity contribution in [3.8, 4) is 5.75 Å². The topological polar surface area (TPSA) is 69.4 Å². The first-order chi connectivity index (χ1) is 10.9. The van der Waals surface area contributed by atoms with Crippen LogP contribution in [0, 0.1) is 17.0 Å². The van der Waals surface area contributed by atoms with Gasteiger partial charge in [-0.05, 0) is 47.1 Å². The number of nitro groups is 1. The number of nitrogens with zero attached hydrogens (tertiary/aromatic N) is 1. The molecule has 0 bridgehead atoms. The van der Waals surface area contributed by atoms with Crippen molar-refractivity contribution in [3.63, 3.8) is 0 Å². The van der Waals surface area contributed by atoms with Crippen LogP contribution >= 0.6 is 31.9 Å². The minimum absolute atomic E-state index is 0.220. The van der Waals surface area contributed by atoms with E-state index >= 15 is 0 Å². The highest BCUT2D eigenvalue weighted by molar-refractivity contribution is 9.11. The molecule has 118 valence electrons. The normalized spacial score (nSPS) is 10.7. The molecule has 23 heavy (non-hydrogen) atoms. The van der Waals surface area contributed by atoms with Crippen LogP contribution in [0.4, 0.5) is 0 Å². The fourth-order valence-electron chi connectivity index (χ4n) is 1.88. The molecule has 0 aliphatic carbocycles. The van der Waals surface area contributed by atoms with Crippen molar-refractivity contribution in [1.82, 2.24) is 0 Å². The molecule has 7 heteroatoms. The summed E-state index contributed by atoms with van der Waals surface area (Å²) >= 11 is 6.61. The minimum Gasteiger partial charge on any atom is -0.421 e. The lowest BCUT2D eigenvalue weighted by Crippen LogP contribution is -2.10. The van der Waals surface area contributed by atoms with Crippen molar-refractivity contribution in [2.45, 2.75) is 6.92 Å². The Morgan fingerprint density at radius 3 is 2.65 bits per heavy atom. The summed E-state index contributed by atoms with van der Waals surface area (Å²) in [6, 6.07) is 10.3. The molecule has 0 aliphatic heterocycles. The van der Waals surface area contributed by atoms with E-state index < -0.39 is 10.9 Å². The van der Waals surface area contributed by atoms with Crippen LogP contribution in [-0.2, 0) is 0 Å². The van der Waals surface area contributed by atoms with Crippen LogP contribution in [0.25, 0.3) is 6.08 Å². The van der Waals surface area contributed by atoms with E-state index in [-0.39, 0.29) is 5.75 Å². The Labute approximate surface area is 149 Å². The van der Waals surface area contributed by atoms with E-state index in [0.29, 0.717) is 20.1 Å². The molecule has 2 aromatic carbocycles. The summed E-state index contributed by atoms with van der Waals surface area (Å²) < 4.78 is 6.63. The van der Waals surface area contributed by atoms with Crippen molar-refractivity contribution in [2.24, 2.45) is 0 Å². The average Bonchev–Trinajstić information content (AvgIpc) is 2.47. The van der Waals surface area contributed by atoms with E-state index in [1.54, 1.807) is 30.3 Å². The van der Waals surface area contributed by atoms with Crippen LogP contribution in [0.5, 0.6) is 5.75 Å². The lowest BCUT2D eigenvalue weighted by Gasteiger charge is -2.10. The van der Waals surface area contributed by atoms with Gasteiger partial charge in [-0.25, -0.2) is 4.79 Å². The molecule has 5 nitrogen and oxygen atoms in total. The summed E-state index contributed by atoms with van der Waals surface area (Å²) in [6.07, 6.45) is 2.06. The summed E-state index contributed by atoms with van der Waals surface area (Å²) in [5, 5.41) is 10.5. The molecule has 2 rings (SSSR count). The van der Waals surface area contributed by atoms with Gasteiger partial charge in [0.2, 0.25) is 6.20 Å². The monoisotopic (exact) mass is 439 g/mol. The number of benzene rings is 2. The molecule has 0 saturated carbocycles. The number of esters is 1. The highest BCUT2D eigenvalue weighted by Crippen LogP contribution is 2.34. The first kappa shape index (κ1) is 17.4. The fourth-order valence-corrected chi connectivity index (χ4v) is 3.22. The number of hydrogen-bond acceptors (Lipinski definition) is 4. The molecule has 0 N–H and O–H groups in total. The SMILES string of the molecule is Cc1cccc(C(=O)Oc2c(Br)cc(Br)cc2/C=C/[N+](=O)[O-])c1. The van der Waals surface area contributed by atoms with E-state index in [9.17, 15) is 14.9 Å². The van der Waals surface area contributed by atoms with E-state index in [1.165, 1.54) is 6.08 Å². The molecule has 0 radical (unpaired) electrons. The Hall–Kier alpha value is -1.99. The molecular formula is C16H11Br2NO4. The molecule has 0 amide bonds. The second kappa shape index (κ2) is 7.52.